The smallest absolute Gasteiger partial charge is 0.236 e. The molecule has 6 nitrogen and oxygen atoms in total. The van der Waals surface area contributed by atoms with E-state index in [0.717, 1.165) is 22.1 Å². The molecule has 2 heterocycles. The fourth-order valence-corrected chi connectivity index (χ4v) is 3.53. The number of nitrogens with one attached hydrogen (secondary N) is 1. The topological polar surface area (TPSA) is 72.7 Å². The van der Waals surface area contributed by atoms with Gasteiger partial charge in [0.05, 0.1) is 5.75 Å². The number of hydrogen-bond acceptors (Lipinski definition) is 6. The van der Waals surface area contributed by atoms with E-state index in [1.165, 1.54) is 35.2 Å². The fourth-order valence-electron chi connectivity index (χ4n) is 2.07. The Morgan fingerprint density at radius 2 is 2.12 bits per heavy atom. The summed E-state index contributed by atoms with van der Waals surface area (Å²) in [4.78, 5) is 16.3. The zero-order valence-electron chi connectivity index (χ0n) is 13.5. The van der Waals surface area contributed by atoms with E-state index in [1.54, 1.807) is 18.3 Å². The first-order valence-electron chi connectivity index (χ1n) is 7.64. The van der Waals surface area contributed by atoms with Crippen molar-refractivity contribution in [3.8, 4) is 0 Å². The van der Waals surface area contributed by atoms with Gasteiger partial charge in [-0.2, -0.15) is 0 Å². The monoisotopic (exact) mass is 377 g/mol. The van der Waals surface area contributed by atoms with Crippen LogP contribution < -0.4 is 5.32 Å². The van der Waals surface area contributed by atoms with Crippen LogP contribution in [-0.2, 0) is 17.8 Å². The molecule has 3 rings (SSSR count). The highest BCUT2D eigenvalue weighted by molar-refractivity contribution is 7.99. The van der Waals surface area contributed by atoms with Gasteiger partial charge in [-0.1, -0.05) is 42.2 Å². The molecule has 0 spiro atoms. The summed E-state index contributed by atoms with van der Waals surface area (Å²) in [5, 5.41) is 12.8. The van der Waals surface area contributed by atoms with Gasteiger partial charge in [0, 0.05) is 18.9 Å². The molecule has 1 aromatic carbocycles. The summed E-state index contributed by atoms with van der Waals surface area (Å²) in [6.07, 6.45) is 4.31. The molecule has 0 aliphatic rings. The molecule has 3 aromatic rings. The normalized spacial score (nSPS) is 10.8. The second-order valence-electron chi connectivity index (χ2n) is 5.16. The van der Waals surface area contributed by atoms with E-state index in [2.05, 4.69) is 20.5 Å². The molecule has 25 heavy (non-hydrogen) atoms. The van der Waals surface area contributed by atoms with Crippen LogP contribution in [0.5, 0.6) is 0 Å². The molecule has 9 heteroatoms. The van der Waals surface area contributed by atoms with Crippen LogP contribution >= 0.6 is 23.1 Å². The van der Waals surface area contributed by atoms with E-state index in [9.17, 15) is 9.18 Å². The Morgan fingerprint density at radius 3 is 2.84 bits per heavy atom. The predicted octanol–water partition coefficient (Wildman–Crippen LogP) is 3.22. The Morgan fingerprint density at radius 1 is 1.32 bits per heavy atom. The standard InChI is InChI=1S/C16H16FN5OS2/c1-2-14-20-21-15(25-14)19-13(23)10-24-16-18-7-8-22(16)9-11-3-5-12(17)6-4-11/h3-8H,2,9-10H2,1H3,(H,19,21,23). The van der Waals surface area contributed by atoms with E-state index in [4.69, 9.17) is 0 Å². The van der Waals surface area contributed by atoms with Gasteiger partial charge in [0.15, 0.2) is 5.16 Å². The maximum atomic E-state index is 13.0. The highest BCUT2D eigenvalue weighted by atomic mass is 32.2. The summed E-state index contributed by atoms with van der Waals surface area (Å²) in [7, 11) is 0. The minimum Gasteiger partial charge on any atom is -0.322 e. The lowest BCUT2D eigenvalue weighted by molar-refractivity contribution is -0.113. The second-order valence-corrected chi connectivity index (χ2v) is 7.16. The number of anilines is 1. The van der Waals surface area contributed by atoms with Crippen LogP contribution in [0.15, 0.2) is 41.8 Å². The van der Waals surface area contributed by atoms with Gasteiger partial charge >= 0.3 is 0 Å². The van der Waals surface area contributed by atoms with E-state index >= 15 is 0 Å². The first kappa shape index (κ1) is 17.6. The van der Waals surface area contributed by atoms with Crippen molar-refractivity contribution in [2.75, 3.05) is 11.1 Å². The molecule has 0 atom stereocenters. The lowest BCUT2D eigenvalue weighted by atomic mass is 10.2. The average Bonchev–Trinajstić information content (AvgIpc) is 3.24. The van der Waals surface area contributed by atoms with Gasteiger partial charge in [-0.3, -0.25) is 10.1 Å². The molecule has 0 saturated carbocycles. The molecule has 0 bridgehead atoms. The third-order valence-electron chi connectivity index (χ3n) is 3.29. The lowest BCUT2D eigenvalue weighted by Gasteiger charge is -2.07. The number of halogens is 1. The first-order valence-corrected chi connectivity index (χ1v) is 9.45. The van der Waals surface area contributed by atoms with Gasteiger partial charge in [-0.05, 0) is 24.1 Å². The third-order valence-corrected chi connectivity index (χ3v) is 5.28. The van der Waals surface area contributed by atoms with Gasteiger partial charge in [0.25, 0.3) is 0 Å². The van der Waals surface area contributed by atoms with Crippen LogP contribution in [0, 0.1) is 5.82 Å². The van der Waals surface area contributed by atoms with Crippen molar-refractivity contribution in [3.05, 3.63) is 53.0 Å². The molecule has 1 amide bonds. The quantitative estimate of drug-likeness (QED) is 0.640. The minimum absolute atomic E-state index is 0.153. The van der Waals surface area contributed by atoms with Crippen molar-refractivity contribution < 1.29 is 9.18 Å². The number of nitrogens with zero attached hydrogens (tertiary/aromatic N) is 4. The first-order chi connectivity index (χ1) is 12.1. The number of rotatable bonds is 7. The maximum absolute atomic E-state index is 13.0. The molecule has 1 N–H and O–H groups in total. The molecular formula is C16H16FN5OS2. The zero-order valence-corrected chi connectivity index (χ0v) is 15.1. The predicted molar refractivity (Wildman–Crippen MR) is 96.4 cm³/mol. The van der Waals surface area contributed by atoms with Gasteiger partial charge in [0.1, 0.15) is 10.8 Å². The summed E-state index contributed by atoms with van der Waals surface area (Å²) in [6, 6.07) is 6.33. The highest BCUT2D eigenvalue weighted by Gasteiger charge is 2.11. The number of carbonyl (C=O) groups excluding carboxylic acids is 1. The molecule has 0 unspecified atom stereocenters. The number of aromatic nitrogens is 4. The molecule has 0 saturated heterocycles. The van der Waals surface area contributed by atoms with Crippen LogP contribution in [0.25, 0.3) is 0 Å². The molecule has 0 aliphatic carbocycles. The van der Waals surface area contributed by atoms with Crippen molar-refractivity contribution in [1.82, 2.24) is 19.7 Å². The van der Waals surface area contributed by atoms with E-state index in [0.29, 0.717) is 11.7 Å². The number of benzene rings is 1. The summed E-state index contributed by atoms with van der Waals surface area (Å²) in [5.74, 6) is -0.190. The zero-order chi connectivity index (χ0) is 17.6. The van der Waals surface area contributed by atoms with Gasteiger partial charge in [-0.15, -0.1) is 10.2 Å². The third kappa shape index (κ3) is 4.86. The molecule has 0 aliphatic heterocycles. The number of hydrogen-bond donors (Lipinski definition) is 1. The van der Waals surface area contributed by atoms with Crippen LogP contribution in [-0.4, -0.2) is 31.4 Å². The van der Waals surface area contributed by atoms with Crippen molar-refractivity contribution >= 4 is 34.1 Å². The van der Waals surface area contributed by atoms with Crippen molar-refractivity contribution in [3.63, 3.8) is 0 Å². The number of imidazole rings is 1. The Hall–Kier alpha value is -2.26. The van der Waals surface area contributed by atoms with E-state index in [1.807, 2.05) is 17.7 Å². The fraction of sp³-hybridized carbons (Fsp3) is 0.250. The molecule has 130 valence electrons. The van der Waals surface area contributed by atoms with Gasteiger partial charge in [0.2, 0.25) is 11.0 Å². The summed E-state index contributed by atoms with van der Waals surface area (Å²) >= 11 is 2.71. The van der Waals surface area contributed by atoms with E-state index < -0.39 is 0 Å². The van der Waals surface area contributed by atoms with Crippen LogP contribution in [0.1, 0.15) is 17.5 Å². The van der Waals surface area contributed by atoms with Crippen LogP contribution in [0.4, 0.5) is 9.52 Å². The minimum atomic E-state index is -0.261. The number of carbonyl (C=O) groups is 1. The Bertz CT molecular complexity index is 846. The van der Waals surface area contributed by atoms with Crippen molar-refractivity contribution in [2.45, 2.75) is 25.0 Å². The Labute approximate surface area is 152 Å². The summed E-state index contributed by atoms with van der Waals surface area (Å²) < 4.78 is 14.9. The SMILES string of the molecule is CCc1nnc(NC(=O)CSc2nccn2Cc2ccc(F)cc2)s1. The maximum Gasteiger partial charge on any atom is 0.236 e. The number of aryl methyl sites for hydroxylation is 1. The van der Waals surface area contributed by atoms with Crippen molar-refractivity contribution in [1.29, 1.82) is 0 Å². The van der Waals surface area contributed by atoms with Crippen LogP contribution in [0.3, 0.4) is 0 Å². The lowest BCUT2D eigenvalue weighted by Crippen LogP contribution is -2.14. The van der Waals surface area contributed by atoms with Gasteiger partial charge in [-0.25, -0.2) is 9.37 Å². The summed E-state index contributed by atoms with van der Waals surface area (Å²) in [6.45, 7) is 2.56. The Balaban J connectivity index is 1.55. The van der Waals surface area contributed by atoms with E-state index in [-0.39, 0.29) is 17.5 Å². The number of thioether (sulfide) groups is 1. The molecule has 0 radical (unpaired) electrons. The average molecular weight is 377 g/mol. The highest BCUT2D eigenvalue weighted by Crippen LogP contribution is 2.19. The molecule has 2 aromatic heterocycles. The second kappa shape index (κ2) is 8.21. The summed E-state index contributed by atoms with van der Waals surface area (Å²) in [5.41, 5.74) is 0.964. The van der Waals surface area contributed by atoms with Crippen LogP contribution in [0.2, 0.25) is 0 Å². The molecular weight excluding hydrogens is 361 g/mol. The molecule has 0 fully saturated rings. The largest absolute Gasteiger partial charge is 0.322 e. The Kier molecular flexibility index (Phi) is 5.77. The number of amides is 1. The van der Waals surface area contributed by atoms with Gasteiger partial charge < -0.3 is 4.57 Å². The van der Waals surface area contributed by atoms with Crippen molar-refractivity contribution in [2.24, 2.45) is 0 Å².